The third kappa shape index (κ3) is 3.64. The van der Waals surface area contributed by atoms with Crippen LogP contribution in [0.15, 0.2) is 11.1 Å². The summed E-state index contributed by atoms with van der Waals surface area (Å²) < 4.78 is 4.55. The number of aliphatic carboxylic acids is 1. The Morgan fingerprint density at radius 2 is 1.76 bits per heavy atom. The van der Waals surface area contributed by atoms with Crippen LogP contribution in [-0.2, 0) is 9.59 Å². The second-order valence-electron chi connectivity index (χ2n) is 8.23. The summed E-state index contributed by atoms with van der Waals surface area (Å²) in [6, 6.07) is 0. The van der Waals surface area contributed by atoms with Crippen molar-refractivity contribution in [2.75, 3.05) is 5.32 Å². The SMILES string of the molecule is Cc1c(C2CC2)sc(NC(=O)C2=C(C(=O)O)CCCC2)c1-c1nc(C2CC2)ns1. The van der Waals surface area contributed by atoms with Gasteiger partial charge >= 0.3 is 5.97 Å². The molecule has 0 spiro atoms. The summed E-state index contributed by atoms with van der Waals surface area (Å²) >= 11 is 3.02. The van der Waals surface area contributed by atoms with Gasteiger partial charge in [-0.2, -0.15) is 4.37 Å². The van der Waals surface area contributed by atoms with Gasteiger partial charge in [-0.25, -0.2) is 9.78 Å². The Kier molecular flexibility index (Phi) is 4.78. The molecule has 3 aliphatic rings. The molecule has 1 amide bonds. The molecule has 0 radical (unpaired) electrons. The van der Waals surface area contributed by atoms with E-state index in [1.165, 1.54) is 34.8 Å². The summed E-state index contributed by atoms with van der Waals surface area (Å²) in [4.78, 5) is 30.7. The van der Waals surface area contributed by atoms with Gasteiger partial charge in [0.05, 0.1) is 5.56 Å². The number of anilines is 1. The summed E-state index contributed by atoms with van der Waals surface area (Å²) in [5.41, 5.74) is 2.84. The summed E-state index contributed by atoms with van der Waals surface area (Å²) in [5.74, 6) is 0.728. The Bertz CT molecular complexity index is 1030. The van der Waals surface area contributed by atoms with Crippen LogP contribution in [0.1, 0.15) is 79.5 Å². The number of aromatic nitrogens is 2. The molecule has 29 heavy (non-hydrogen) atoms. The molecule has 0 unspecified atom stereocenters. The fraction of sp³-hybridized carbons (Fsp3) is 0.524. The highest BCUT2D eigenvalue weighted by Crippen LogP contribution is 2.52. The van der Waals surface area contributed by atoms with Crippen molar-refractivity contribution in [2.24, 2.45) is 0 Å². The lowest BCUT2D eigenvalue weighted by atomic mass is 9.91. The lowest BCUT2D eigenvalue weighted by Gasteiger charge is -2.17. The Hall–Kier alpha value is -2.06. The third-order valence-electron chi connectivity index (χ3n) is 5.96. The van der Waals surface area contributed by atoms with Crippen LogP contribution in [0.3, 0.4) is 0 Å². The number of thiophene rings is 1. The molecular formula is C21H23N3O3S2. The maximum Gasteiger partial charge on any atom is 0.332 e. The van der Waals surface area contributed by atoms with Gasteiger partial charge in [-0.1, -0.05) is 0 Å². The molecule has 2 fully saturated rings. The highest BCUT2D eigenvalue weighted by Gasteiger charge is 2.33. The molecule has 2 aromatic rings. The number of carboxylic acid groups (broad SMARTS) is 1. The molecular weight excluding hydrogens is 406 g/mol. The zero-order valence-electron chi connectivity index (χ0n) is 16.3. The van der Waals surface area contributed by atoms with E-state index in [2.05, 4.69) is 16.6 Å². The van der Waals surface area contributed by atoms with E-state index in [0.29, 0.717) is 30.3 Å². The largest absolute Gasteiger partial charge is 0.478 e. The van der Waals surface area contributed by atoms with Crippen LogP contribution in [-0.4, -0.2) is 26.3 Å². The monoisotopic (exact) mass is 429 g/mol. The normalized spacial score (nSPS) is 19.5. The zero-order chi connectivity index (χ0) is 20.1. The summed E-state index contributed by atoms with van der Waals surface area (Å²) in [6.45, 7) is 2.11. The van der Waals surface area contributed by atoms with Crippen LogP contribution in [0.4, 0.5) is 5.00 Å². The molecule has 6 nitrogen and oxygen atoms in total. The van der Waals surface area contributed by atoms with E-state index in [1.54, 1.807) is 11.3 Å². The Morgan fingerprint density at radius 1 is 1.07 bits per heavy atom. The topological polar surface area (TPSA) is 92.2 Å². The number of rotatable bonds is 6. The fourth-order valence-corrected chi connectivity index (χ4v) is 6.31. The molecule has 3 aliphatic carbocycles. The Morgan fingerprint density at radius 3 is 2.41 bits per heavy atom. The van der Waals surface area contributed by atoms with Crippen molar-refractivity contribution < 1.29 is 14.7 Å². The first-order valence-electron chi connectivity index (χ1n) is 10.3. The summed E-state index contributed by atoms with van der Waals surface area (Å²) in [5, 5.41) is 14.2. The van der Waals surface area contributed by atoms with Gasteiger partial charge in [0.15, 0.2) is 0 Å². The molecule has 8 heteroatoms. The molecule has 2 N–H and O–H groups in total. The van der Waals surface area contributed by atoms with Crippen molar-refractivity contribution in [1.29, 1.82) is 0 Å². The van der Waals surface area contributed by atoms with Gasteiger partial charge in [0.25, 0.3) is 5.91 Å². The van der Waals surface area contributed by atoms with Gasteiger partial charge in [-0.05, 0) is 81.3 Å². The predicted octanol–water partition coefficient (Wildman–Crippen LogP) is 5.22. The second kappa shape index (κ2) is 7.32. The first-order chi connectivity index (χ1) is 14.0. The summed E-state index contributed by atoms with van der Waals surface area (Å²) in [6.07, 6.45) is 7.34. The molecule has 0 atom stereocenters. The lowest BCUT2D eigenvalue weighted by Crippen LogP contribution is -2.21. The van der Waals surface area contributed by atoms with Crippen LogP contribution >= 0.6 is 22.9 Å². The van der Waals surface area contributed by atoms with Crippen LogP contribution in [0, 0.1) is 6.92 Å². The van der Waals surface area contributed by atoms with Crippen molar-refractivity contribution in [3.05, 3.63) is 27.4 Å². The van der Waals surface area contributed by atoms with Crippen LogP contribution < -0.4 is 5.32 Å². The molecule has 2 saturated carbocycles. The molecule has 0 aromatic carbocycles. The van der Waals surface area contributed by atoms with E-state index in [0.717, 1.165) is 47.1 Å². The minimum Gasteiger partial charge on any atom is -0.478 e. The third-order valence-corrected chi connectivity index (χ3v) is 8.07. The predicted molar refractivity (Wildman–Crippen MR) is 114 cm³/mol. The number of carbonyl (C=O) groups is 2. The van der Waals surface area contributed by atoms with E-state index in [9.17, 15) is 14.7 Å². The van der Waals surface area contributed by atoms with Gasteiger partial charge in [0, 0.05) is 21.9 Å². The molecule has 0 saturated heterocycles. The van der Waals surface area contributed by atoms with Crippen LogP contribution in [0.2, 0.25) is 0 Å². The minimum atomic E-state index is -0.977. The quantitative estimate of drug-likeness (QED) is 0.656. The Labute approximate surface area is 177 Å². The smallest absolute Gasteiger partial charge is 0.332 e. The first-order valence-corrected chi connectivity index (χ1v) is 11.9. The fourth-order valence-electron chi connectivity index (χ4n) is 4.03. The van der Waals surface area contributed by atoms with E-state index in [1.807, 2.05) is 0 Å². The number of carboxylic acids is 1. The van der Waals surface area contributed by atoms with E-state index in [4.69, 9.17) is 4.98 Å². The number of nitrogens with zero attached hydrogens (tertiary/aromatic N) is 2. The Balaban J connectivity index is 1.51. The van der Waals surface area contributed by atoms with Gasteiger partial charge in [0.2, 0.25) is 0 Å². The highest BCUT2D eigenvalue weighted by atomic mass is 32.1. The van der Waals surface area contributed by atoms with E-state index in [-0.39, 0.29) is 11.5 Å². The number of amides is 1. The zero-order valence-corrected chi connectivity index (χ0v) is 17.9. The number of hydrogen-bond donors (Lipinski definition) is 2. The molecule has 2 heterocycles. The van der Waals surface area contributed by atoms with Gasteiger partial charge in [-0.15, -0.1) is 11.3 Å². The van der Waals surface area contributed by atoms with Crippen molar-refractivity contribution >= 4 is 39.7 Å². The number of hydrogen-bond acceptors (Lipinski definition) is 6. The number of carbonyl (C=O) groups excluding carboxylic acids is 1. The molecule has 2 aromatic heterocycles. The van der Waals surface area contributed by atoms with Crippen molar-refractivity contribution in [3.8, 4) is 10.6 Å². The average molecular weight is 430 g/mol. The molecule has 5 rings (SSSR count). The second-order valence-corrected chi connectivity index (χ2v) is 10.0. The molecule has 0 bridgehead atoms. The molecule has 0 aliphatic heterocycles. The van der Waals surface area contributed by atoms with Crippen LogP contribution in [0.5, 0.6) is 0 Å². The van der Waals surface area contributed by atoms with Crippen molar-refractivity contribution in [2.45, 2.75) is 70.1 Å². The average Bonchev–Trinajstić information content (AvgIpc) is 3.64. The maximum absolute atomic E-state index is 13.0. The first kappa shape index (κ1) is 18.9. The van der Waals surface area contributed by atoms with Gasteiger partial charge in [0.1, 0.15) is 15.8 Å². The summed E-state index contributed by atoms with van der Waals surface area (Å²) in [7, 11) is 0. The van der Waals surface area contributed by atoms with Crippen LogP contribution in [0.25, 0.3) is 10.6 Å². The van der Waals surface area contributed by atoms with Gasteiger partial charge < -0.3 is 10.4 Å². The van der Waals surface area contributed by atoms with Crippen molar-refractivity contribution in [3.63, 3.8) is 0 Å². The maximum atomic E-state index is 13.0. The minimum absolute atomic E-state index is 0.262. The van der Waals surface area contributed by atoms with E-state index < -0.39 is 5.97 Å². The highest BCUT2D eigenvalue weighted by molar-refractivity contribution is 7.18. The lowest BCUT2D eigenvalue weighted by molar-refractivity contribution is -0.133. The standard InChI is InChI=1S/C21H23N3O3S2/c1-10-15(20-22-17(24-29-20)12-8-9-12)19(28-16(10)11-6-7-11)23-18(25)13-4-2-3-5-14(13)21(26)27/h11-12H,2-9H2,1H3,(H,23,25)(H,26,27). The van der Waals surface area contributed by atoms with Crippen molar-refractivity contribution in [1.82, 2.24) is 9.36 Å². The van der Waals surface area contributed by atoms with Gasteiger partial charge in [-0.3, -0.25) is 4.79 Å². The van der Waals surface area contributed by atoms with E-state index >= 15 is 0 Å². The number of nitrogens with one attached hydrogen (secondary N) is 1. The molecule has 152 valence electrons.